The van der Waals surface area contributed by atoms with Crippen molar-refractivity contribution in [3.8, 4) is 23.0 Å². The predicted octanol–water partition coefficient (Wildman–Crippen LogP) is 3.85. The van der Waals surface area contributed by atoms with Gasteiger partial charge in [-0.2, -0.15) is 0 Å². The molecule has 3 N–H and O–H groups in total. The van der Waals surface area contributed by atoms with Crippen molar-refractivity contribution in [2.45, 2.75) is 0 Å². The molecule has 25 heavy (non-hydrogen) atoms. The molecule has 0 unspecified atom stereocenters. The van der Waals surface area contributed by atoms with Crippen LogP contribution in [0, 0.1) is 5.82 Å². The molecule has 0 bridgehead atoms. The van der Waals surface area contributed by atoms with Crippen molar-refractivity contribution in [3.63, 3.8) is 0 Å². The Labute approximate surface area is 148 Å². The predicted molar refractivity (Wildman–Crippen MR) is 91.8 cm³/mol. The van der Waals surface area contributed by atoms with Gasteiger partial charge in [-0.25, -0.2) is 9.18 Å². The molecule has 0 fully saturated rings. The van der Waals surface area contributed by atoms with Gasteiger partial charge in [0, 0.05) is 18.2 Å². The lowest BCUT2D eigenvalue weighted by Crippen LogP contribution is -2.20. The number of anilines is 2. The first-order valence-electron chi connectivity index (χ1n) is 6.95. The lowest BCUT2D eigenvalue weighted by atomic mass is 10.2. The number of methoxy groups -OCH3 is 3. The number of aromatic hydroxyl groups is 1. The summed E-state index contributed by atoms with van der Waals surface area (Å²) >= 11 is 5.71. The van der Waals surface area contributed by atoms with E-state index in [-0.39, 0.29) is 10.7 Å². The fourth-order valence-corrected chi connectivity index (χ4v) is 2.23. The third kappa shape index (κ3) is 4.16. The lowest BCUT2D eigenvalue weighted by molar-refractivity contribution is 0.262. The van der Waals surface area contributed by atoms with Crippen LogP contribution >= 0.6 is 11.6 Å². The van der Waals surface area contributed by atoms with E-state index < -0.39 is 17.6 Å². The smallest absolute Gasteiger partial charge is 0.323 e. The van der Waals surface area contributed by atoms with E-state index in [9.17, 15) is 14.3 Å². The molecule has 2 aromatic rings. The molecular weight excluding hydrogens is 355 g/mol. The number of phenolic OH excluding ortho intramolecular Hbond substituents is 1. The zero-order chi connectivity index (χ0) is 18.6. The molecule has 2 aromatic carbocycles. The van der Waals surface area contributed by atoms with Crippen LogP contribution in [0.5, 0.6) is 23.0 Å². The average molecular weight is 371 g/mol. The van der Waals surface area contributed by atoms with Crippen molar-refractivity contribution in [2.75, 3.05) is 32.0 Å². The van der Waals surface area contributed by atoms with Gasteiger partial charge in [0.25, 0.3) is 0 Å². The highest BCUT2D eigenvalue weighted by molar-refractivity contribution is 6.32. The van der Waals surface area contributed by atoms with Crippen molar-refractivity contribution in [1.82, 2.24) is 0 Å². The van der Waals surface area contributed by atoms with E-state index in [0.29, 0.717) is 22.9 Å². The number of urea groups is 1. The van der Waals surface area contributed by atoms with Gasteiger partial charge in [-0.15, -0.1) is 0 Å². The zero-order valence-electron chi connectivity index (χ0n) is 13.6. The number of phenols is 1. The van der Waals surface area contributed by atoms with Crippen LogP contribution in [0.15, 0.2) is 24.3 Å². The van der Waals surface area contributed by atoms with Crippen LogP contribution in [-0.2, 0) is 0 Å². The second kappa shape index (κ2) is 7.80. The maximum absolute atomic E-state index is 13.7. The van der Waals surface area contributed by atoms with Gasteiger partial charge >= 0.3 is 6.03 Å². The summed E-state index contributed by atoms with van der Waals surface area (Å²) in [6.07, 6.45) is 0. The minimum Gasteiger partial charge on any atom is -0.506 e. The first kappa shape index (κ1) is 18.5. The van der Waals surface area contributed by atoms with Gasteiger partial charge < -0.3 is 30.0 Å². The summed E-state index contributed by atoms with van der Waals surface area (Å²) in [7, 11) is 4.33. The number of nitrogens with one attached hydrogen (secondary N) is 2. The molecular formula is C16H16ClFN2O5. The molecule has 0 heterocycles. The van der Waals surface area contributed by atoms with E-state index in [4.69, 9.17) is 25.8 Å². The van der Waals surface area contributed by atoms with Crippen LogP contribution in [0.4, 0.5) is 20.6 Å². The minimum atomic E-state index is -0.832. The lowest BCUT2D eigenvalue weighted by Gasteiger charge is -2.15. The minimum absolute atomic E-state index is 0.0931. The van der Waals surface area contributed by atoms with Crippen LogP contribution < -0.4 is 24.8 Å². The monoisotopic (exact) mass is 370 g/mol. The summed E-state index contributed by atoms with van der Waals surface area (Å²) in [4.78, 5) is 12.1. The van der Waals surface area contributed by atoms with Crippen LogP contribution in [0.2, 0.25) is 5.02 Å². The van der Waals surface area contributed by atoms with Crippen LogP contribution in [0.25, 0.3) is 0 Å². The van der Waals surface area contributed by atoms with Crippen molar-refractivity contribution in [3.05, 3.63) is 35.1 Å². The van der Waals surface area contributed by atoms with E-state index in [0.717, 1.165) is 12.1 Å². The standard InChI is InChI=1S/C16H16ClFN2O5/c1-23-13-4-8(5-14(24-2)15(13)25-3)19-16(22)20-11-6-9(17)12(21)7-10(11)18/h4-7,21H,1-3H3,(H2,19,20,22). The number of benzene rings is 2. The van der Waals surface area contributed by atoms with E-state index in [1.165, 1.54) is 33.5 Å². The molecule has 0 atom stereocenters. The second-order valence-electron chi connectivity index (χ2n) is 4.78. The third-order valence-corrected chi connectivity index (χ3v) is 3.51. The molecule has 0 saturated carbocycles. The SMILES string of the molecule is COc1cc(NC(=O)Nc2cc(Cl)c(O)cc2F)cc(OC)c1OC. The van der Waals surface area contributed by atoms with Gasteiger partial charge in [0.2, 0.25) is 5.75 Å². The summed E-state index contributed by atoms with van der Waals surface area (Å²) < 4.78 is 29.3. The van der Waals surface area contributed by atoms with E-state index in [1.807, 2.05) is 0 Å². The fourth-order valence-electron chi connectivity index (χ4n) is 2.07. The molecule has 9 heteroatoms. The Morgan fingerprint density at radius 2 is 1.64 bits per heavy atom. The number of hydrogen-bond acceptors (Lipinski definition) is 5. The molecule has 2 amide bonds. The number of ether oxygens (including phenoxy) is 3. The number of carbonyl (C=O) groups excluding carboxylic acids is 1. The maximum atomic E-state index is 13.7. The Bertz CT molecular complexity index is 775. The van der Waals surface area contributed by atoms with Gasteiger partial charge in [0.1, 0.15) is 5.75 Å². The highest BCUT2D eigenvalue weighted by atomic mass is 35.5. The Balaban J connectivity index is 2.22. The van der Waals surface area contributed by atoms with Crippen molar-refractivity contribution >= 4 is 29.0 Å². The fraction of sp³-hybridized carbons (Fsp3) is 0.188. The average Bonchev–Trinajstić information content (AvgIpc) is 2.58. The van der Waals surface area contributed by atoms with Crippen LogP contribution in [0.3, 0.4) is 0 Å². The van der Waals surface area contributed by atoms with Crippen molar-refractivity contribution < 1.29 is 28.5 Å². The number of carbonyl (C=O) groups is 1. The highest BCUT2D eigenvalue weighted by Gasteiger charge is 2.15. The van der Waals surface area contributed by atoms with Gasteiger partial charge in [-0.05, 0) is 6.07 Å². The van der Waals surface area contributed by atoms with Gasteiger partial charge in [-0.1, -0.05) is 11.6 Å². The largest absolute Gasteiger partial charge is 0.506 e. The molecule has 134 valence electrons. The molecule has 2 rings (SSSR count). The molecule has 0 aliphatic carbocycles. The molecule has 0 aromatic heterocycles. The first-order valence-corrected chi connectivity index (χ1v) is 7.33. The Morgan fingerprint density at radius 1 is 1.04 bits per heavy atom. The number of rotatable bonds is 5. The van der Waals surface area contributed by atoms with Crippen LogP contribution in [0.1, 0.15) is 0 Å². The maximum Gasteiger partial charge on any atom is 0.323 e. The van der Waals surface area contributed by atoms with E-state index in [1.54, 1.807) is 0 Å². The second-order valence-corrected chi connectivity index (χ2v) is 5.18. The number of hydrogen-bond donors (Lipinski definition) is 3. The quantitative estimate of drug-likeness (QED) is 0.695. The highest BCUT2D eigenvalue weighted by Crippen LogP contribution is 2.40. The Kier molecular flexibility index (Phi) is 5.76. The number of halogens is 2. The van der Waals surface area contributed by atoms with E-state index in [2.05, 4.69) is 10.6 Å². The Hall–Kier alpha value is -2.87. The van der Waals surface area contributed by atoms with E-state index >= 15 is 0 Å². The summed E-state index contributed by atoms with van der Waals surface area (Å²) in [5.41, 5.74) is 0.144. The van der Waals surface area contributed by atoms with Crippen molar-refractivity contribution in [1.29, 1.82) is 0 Å². The topological polar surface area (TPSA) is 89.1 Å². The zero-order valence-corrected chi connectivity index (χ0v) is 14.4. The molecule has 0 radical (unpaired) electrons. The normalized spacial score (nSPS) is 10.1. The molecule has 0 aliphatic heterocycles. The summed E-state index contributed by atoms with van der Waals surface area (Å²) in [5.74, 6) is -0.198. The Morgan fingerprint density at radius 3 is 2.16 bits per heavy atom. The third-order valence-electron chi connectivity index (χ3n) is 3.21. The summed E-state index contributed by atoms with van der Waals surface area (Å²) in [6, 6.07) is 4.20. The van der Waals surface area contributed by atoms with Gasteiger partial charge in [0.15, 0.2) is 17.3 Å². The van der Waals surface area contributed by atoms with Crippen molar-refractivity contribution in [2.24, 2.45) is 0 Å². The molecule has 0 spiro atoms. The summed E-state index contributed by atoms with van der Waals surface area (Å²) in [6.45, 7) is 0. The van der Waals surface area contributed by atoms with Gasteiger partial charge in [0.05, 0.1) is 37.7 Å². The molecule has 0 saturated heterocycles. The molecule has 0 aliphatic rings. The van der Waals surface area contributed by atoms with Gasteiger partial charge in [-0.3, -0.25) is 0 Å². The number of amides is 2. The summed E-state index contributed by atoms with van der Waals surface area (Å²) in [5, 5.41) is 14.0. The van der Waals surface area contributed by atoms with Crippen LogP contribution in [-0.4, -0.2) is 32.5 Å². The molecule has 7 nitrogen and oxygen atoms in total. The first-order chi connectivity index (χ1) is 11.9.